The van der Waals surface area contributed by atoms with Crippen LogP contribution in [-0.2, 0) is 6.54 Å². The van der Waals surface area contributed by atoms with Crippen LogP contribution >= 0.6 is 0 Å². The lowest BCUT2D eigenvalue weighted by Gasteiger charge is -2.31. The van der Waals surface area contributed by atoms with Gasteiger partial charge in [0.2, 0.25) is 0 Å². The van der Waals surface area contributed by atoms with Gasteiger partial charge in [-0.1, -0.05) is 36.4 Å². The van der Waals surface area contributed by atoms with E-state index in [9.17, 15) is 9.59 Å². The molecule has 2 aromatic carbocycles. The minimum absolute atomic E-state index is 0.0721. The highest BCUT2D eigenvalue weighted by molar-refractivity contribution is 6.07. The summed E-state index contributed by atoms with van der Waals surface area (Å²) in [4.78, 5) is 27.4. The van der Waals surface area contributed by atoms with Crippen molar-refractivity contribution < 1.29 is 14.0 Å². The lowest BCUT2D eigenvalue weighted by Crippen LogP contribution is -2.38. The highest BCUT2D eigenvalue weighted by Gasteiger charge is 2.27. The molecule has 0 atom stereocenters. The molecular weight excluding hydrogens is 404 g/mol. The molecule has 0 saturated carbocycles. The van der Waals surface area contributed by atoms with Crippen LogP contribution in [0, 0.1) is 0 Å². The standard InChI is InChI=1S/C25H24N4O3/c30-24(26-16-19-7-4-14-32-19)23-15-22(27-28-23)18-10-12-29(13-11-18)25(31)21-9-3-6-17-5-1-2-8-20(17)21/h1-9,14-15,18H,10-13,16H2,(H,26,30)(H,27,28). The maximum absolute atomic E-state index is 13.2. The third-order valence-corrected chi connectivity index (χ3v) is 6.08. The Morgan fingerprint density at radius 2 is 1.88 bits per heavy atom. The third-order valence-electron chi connectivity index (χ3n) is 6.08. The minimum Gasteiger partial charge on any atom is -0.467 e. The van der Waals surface area contributed by atoms with Crippen LogP contribution in [-0.4, -0.2) is 40.0 Å². The summed E-state index contributed by atoms with van der Waals surface area (Å²) in [7, 11) is 0. The molecule has 4 aromatic rings. The van der Waals surface area contributed by atoms with Crippen molar-refractivity contribution in [3.63, 3.8) is 0 Å². The molecule has 0 spiro atoms. The van der Waals surface area contributed by atoms with Gasteiger partial charge in [-0.25, -0.2) is 0 Å². The lowest BCUT2D eigenvalue weighted by atomic mass is 9.92. The molecule has 0 aliphatic carbocycles. The van der Waals surface area contributed by atoms with Crippen LogP contribution in [0.25, 0.3) is 10.8 Å². The quantitative estimate of drug-likeness (QED) is 0.501. The lowest BCUT2D eigenvalue weighted by molar-refractivity contribution is 0.0714. The van der Waals surface area contributed by atoms with E-state index in [1.807, 2.05) is 59.5 Å². The van der Waals surface area contributed by atoms with Crippen molar-refractivity contribution in [1.29, 1.82) is 0 Å². The van der Waals surface area contributed by atoms with E-state index >= 15 is 0 Å². The first-order valence-electron chi connectivity index (χ1n) is 10.8. The molecule has 1 aliphatic rings. The zero-order valence-electron chi connectivity index (χ0n) is 17.6. The molecule has 2 aromatic heterocycles. The molecule has 1 fully saturated rings. The molecule has 1 aliphatic heterocycles. The summed E-state index contributed by atoms with van der Waals surface area (Å²) in [5.41, 5.74) is 2.05. The fraction of sp³-hybridized carbons (Fsp3) is 0.240. The number of hydrogen-bond acceptors (Lipinski definition) is 4. The van der Waals surface area contributed by atoms with Crippen LogP contribution in [0.4, 0.5) is 0 Å². The van der Waals surface area contributed by atoms with E-state index < -0.39 is 0 Å². The van der Waals surface area contributed by atoms with E-state index in [2.05, 4.69) is 15.5 Å². The molecule has 0 radical (unpaired) electrons. The van der Waals surface area contributed by atoms with E-state index in [1.54, 1.807) is 12.3 Å². The SMILES string of the molecule is O=C(NCc1ccco1)c1cc(C2CCN(C(=O)c3cccc4ccccc34)CC2)[nH]n1. The van der Waals surface area contributed by atoms with Gasteiger partial charge in [0.15, 0.2) is 0 Å². The fourth-order valence-electron chi connectivity index (χ4n) is 4.31. The van der Waals surface area contributed by atoms with Gasteiger partial charge < -0.3 is 14.6 Å². The highest BCUT2D eigenvalue weighted by atomic mass is 16.3. The average molecular weight is 428 g/mol. The zero-order chi connectivity index (χ0) is 21.9. The number of likely N-dealkylation sites (tertiary alicyclic amines) is 1. The number of H-pyrrole nitrogens is 1. The summed E-state index contributed by atoms with van der Waals surface area (Å²) in [5, 5.41) is 12.1. The van der Waals surface area contributed by atoms with Crippen LogP contribution in [0.3, 0.4) is 0 Å². The number of benzene rings is 2. The Morgan fingerprint density at radius 1 is 1.06 bits per heavy atom. The summed E-state index contributed by atoms with van der Waals surface area (Å²) >= 11 is 0. The Hall–Kier alpha value is -3.87. The second kappa shape index (κ2) is 8.70. The Bertz CT molecular complexity index is 1230. The molecule has 2 N–H and O–H groups in total. The molecule has 7 nitrogen and oxygen atoms in total. The van der Waals surface area contributed by atoms with E-state index in [-0.39, 0.29) is 17.7 Å². The van der Waals surface area contributed by atoms with Gasteiger partial charge in [-0.3, -0.25) is 14.7 Å². The number of aromatic nitrogens is 2. The number of hydrogen-bond donors (Lipinski definition) is 2. The molecule has 1 saturated heterocycles. The number of furan rings is 1. The number of carbonyl (C=O) groups is 2. The number of nitrogens with zero attached hydrogens (tertiary/aromatic N) is 2. The maximum atomic E-state index is 13.2. The van der Waals surface area contributed by atoms with Gasteiger partial charge in [0.25, 0.3) is 11.8 Å². The van der Waals surface area contributed by atoms with E-state index in [1.165, 1.54) is 0 Å². The third kappa shape index (κ3) is 4.01. The molecule has 162 valence electrons. The van der Waals surface area contributed by atoms with Crippen molar-refractivity contribution in [3.8, 4) is 0 Å². The van der Waals surface area contributed by atoms with Crippen LogP contribution < -0.4 is 5.32 Å². The van der Waals surface area contributed by atoms with Gasteiger partial charge in [-0.15, -0.1) is 0 Å². The summed E-state index contributed by atoms with van der Waals surface area (Å²) in [6.45, 7) is 1.67. The Balaban J connectivity index is 1.20. The monoisotopic (exact) mass is 428 g/mol. The van der Waals surface area contributed by atoms with Crippen LogP contribution in [0.2, 0.25) is 0 Å². The predicted octanol–water partition coefficient (Wildman–Crippen LogP) is 4.11. The molecule has 32 heavy (non-hydrogen) atoms. The normalized spacial score (nSPS) is 14.6. The molecule has 7 heteroatoms. The number of rotatable bonds is 5. The van der Waals surface area contributed by atoms with Crippen molar-refractivity contribution >= 4 is 22.6 Å². The minimum atomic E-state index is -0.243. The van der Waals surface area contributed by atoms with Crippen molar-refractivity contribution in [2.45, 2.75) is 25.3 Å². The first-order chi connectivity index (χ1) is 15.7. The summed E-state index contributed by atoms with van der Waals surface area (Å²) < 4.78 is 5.23. The van der Waals surface area contributed by atoms with Crippen LogP contribution in [0.1, 0.15) is 51.1 Å². The largest absolute Gasteiger partial charge is 0.467 e. The average Bonchev–Trinajstić information content (AvgIpc) is 3.54. The highest BCUT2D eigenvalue weighted by Crippen LogP contribution is 2.29. The number of amides is 2. The smallest absolute Gasteiger partial charge is 0.272 e. The fourth-order valence-corrected chi connectivity index (χ4v) is 4.31. The van der Waals surface area contributed by atoms with E-state index in [4.69, 9.17) is 4.42 Å². The topological polar surface area (TPSA) is 91.2 Å². The Kier molecular flexibility index (Phi) is 5.46. The number of fused-ring (bicyclic) bond motifs is 1. The molecule has 3 heterocycles. The molecule has 0 bridgehead atoms. The summed E-state index contributed by atoms with van der Waals surface area (Å²) in [6, 6.07) is 19.2. The van der Waals surface area contributed by atoms with Crippen molar-refractivity contribution in [1.82, 2.24) is 20.4 Å². The van der Waals surface area contributed by atoms with Crippen LogP contribution in [0.15, 0.2) is 71.3 Å². The second-order valence-electron chi connectivity index (χ2n) is 8.06. The second-order valence-corrected chi connectivity index (χ2v) is 8.06. The van der Waals surface area contributed by atoms with Crippen molar-refractivity contribution in [2.24, 2.45) is 0 Å². The van der Waals surface area contributed by atoms with Crippen molar-refractivity contribution in [2.75, 3.05) is 13.1 Å². The first kappa shape index (κ1) is 20.1. The van der Waals surface area contributed by atoms with Gasteiger partial charge in [0.05, 0.1) is 12.8 Å². The predicted molar refractivity (Wildman–Crippen MR) is 120 cm³/mol. The van der Waals surface area contributed by atoms with E-state index in [0.717, 1.165) is 34.9 Å². The summed E-state index contributed by atoms with van der Waals surface area (Å²) in [5.74, 6) is 0.762. The maximum Gasteiger partial charge on any atom is 0.272 e. The van der Waals surface area contributed by atoms with Gasteiger partial charge in [-0.2, -0.15) is 5.10 Å². The summed E-state index contributed by atoms with van der Waals surface area (Å²) in [6.07, 6.45) is 3.23. The number of carbonyl (C=O) groups excluding carboxylic acids is 2. The first-order valence-corrected chi connectivity index (χ1v) is 10.8. The van der Waals surface area contributed by atoms with Gasteiger partial charge in [-0.05, 0) is 47.9 Å². The van der Waals surface area contributed by atoms with Gasteiger partial charge in [0, 0.05) is 30.3 Å². The Labute approximate surface area is 185 Å². The molecule has 2 amide bonds. The molecule has 0 unspecified atom stereocenters. The zero-order valence-corrected chi connectivity index (χ0v) is 17.6. The number of piperidine rings is 1. The van der Waals surface area contributed by atoms with E-state index in [0.29, 0.717) is 31.1 Å². The Morgan fingerprint density at radius 3 is 2.69 bits per heavy atom. The van der Waals surface area contributed by atoms with Gasteiger partial charge >= 0.3 is 0 Å². The molecular formula is C25H24N4O3. The number of nitrogens with one attached hydrogen (secondary N) is 2. The van der Waals surface area contributed by atoms with Gasteiger partial charge in [0.1, 0.15) is 11.5 Å². The number of aromatic amines is 1. The van der Waals surface area contributed by atoms with Crippen molar-refractivity contribution in [3.05, 3.63) is 89.6 Å². The van der Waals surface area contributed by atoms with Crippen LogP contribution in [0.5, 0.6) is 0 Å². The molecule has 5 rings (SSSR count).